The summed E-state index contributed by atoms with van der Waals surface area (Å²) in [6.07, 6.45) is 5.33. The summed E-state index contributed by atoms with van der Waals surface area (Å²) in [5.74, 6) is -0.732. The number of halogens is 1. The van der Waals surface area contributed by atoms with Crippen LogP contribution < -0.4 is 15.4 Å². The molecule has 0 radical (unpaired) electrons. The molecule has 1 aliphatic carbocycles. The Morgan fingerprint density at radius 3 is 2.37 bits per heavy atom. The molecule has 2 heterocycles. The summed E-state index contributed by atoms with van der Waals surface area (Å²) >= 11 is 0. The molecule has 0 spiro atoms. The summed E-state index contributed by atoms with van der Waals surface area (Å²) in [4.78, 5) is 39.9. The van der Waals surface area contributed by atoms with Crippen LogP contribution in [0.3, 0.4) is 0 Å². The molecule has 2 aromatic heterocycles. The second-order valence-corrected chi connectivity index (χ2v) is 12.1. The number of aromatic amines is 1. The number of rotatable bonds is 9. The van der Waals surface area contributed by atoms with Gasteiger partial charge in [0.15, 0.2) is 0 Å². The summed E-state index contributed by atoms with van der Waals surface area (Å²) < 4.78 is 20.4. The molecule has 6 rings (SSSR count). The van der Waals surface area contributed by atoms with Crippen molar-refractivity contribution in [3.05, 3.63) is 107 Å². The highest BCUT2D eigenvalue weighted by atomic mass is 19.1. The molecule has 5 aromatic rings. The maximum absolute atomic E-state index is 14.3. The Morgan fingerprint density at radius 2 is 1.63 bits per heavy atom. The van der Waals surface area contributed by atoms with Gasteiger partial charge in [0, 0.05) is 18.6 Å². The minimum Gasteiger partial charge on any atom is -0.438 e. The number of aryl methyl sites for hydroxylation is 1. The van der Waals surface area contributed by atoms with Crippen molar-refractivity contribution < 1.29 is 18.7 Å². The summed E-state index contributed by atoms with van der Waals surface area (Å²) in [6.45, 7) is 2.85. The average Bonchev–Trinajstić information content (AvgIpc) is 3.52. The molecular weight excluding hydrogens is 583 g/mol. The van der Waals surface area contributed by atoms with Gasteiger partial charge in [0.1, 0.15) is 22.6 Å². The van der Waals surface area contributed by atoms with Crippen molar-refractivity contribution in [2.45, 2.75) is 51.2 Å². The third-order valence-corrected chi connectivity index (χ3v) is 8.26. The van der Waals surface area contributed by atoms with Crippen LogP contribution >= 0.6 is 0 Å². The molecule has 0 unspecified atom stereocenters. The van der Waals surface area contributed by atoms with Crippen molar-refractivity contribution in [1.82, 2.24) is 30.5 Å². The van der Waals surface area contributed by atoms with Gasteiger partial charge in [-0.05, 0) is 93.7 Å². The van der Waals surface area contributed by atoms with E-state index in [0.717, 1.165) is 35.5 Å². The number of nitrogens with zero attached hydrogens (tertiary/aromatic N) is 3. The van der Waals surface area contributed by atoms with E-state index < -0.39 is 11.7 Å². The number of carbonyl (C=O) groups excluding carboxylic acids is 2. The Hall–Kier alpha value is -5.09. The quantitative estimate of drug-likeness (QED) is 0.176. The summed E-state index contributed by atoms with van der Waals surface area (Å²) in [6, 6.07) is 20.4. The number of pyridine rings is 1. The van der Waals surface area contributed by atoms with Gasteiger partial charge < -0.3 is 25.3 Å². The topological polar surface area (TPSA) is 112 Å². The molecule has 0 saturated heterocycles. The lowest BCUT2D eigenvalue weighted by molar-refractivity contribution is 0.0890. The number of ether oxygens (including phenoxy) is 1. The standard InChI is InChI=1S/C36H37FN6O3/c1-22-10-15-29(24(16-22)20-43(2)3)23-6-4-7-28(17-23)46-36-31(18-25(37)19-38-36)35(45)42-27-13-11-26(12-14-27)41-34(44)30-8-5-9-32-33(30)40-21-39-32/h4-10,15-19,21,26-27H,11-14,20H2,1-3H3,(H,39,40)(H,41,44)(H,42,45). The lowest BCUT2D eigenvalue weighted by Crippen LogP contribution is -2.44. The first kappa shape index (κ1) is 30.9. The fraction of sp³-hybridized carbons (Fsp3) is 0.278. The van der Waals surface area contributed by atoms with Crippen molar-refractivity contribution in [3.63, 3.8) is 0 Å². The zero-order chi connectivity index (χ0) is 32.2. The van der Waals surface area contributed by atoms with Gasteiger partial charge in [0.05, 0.1) is 23.6 Å². The highest BCUT2D eigenvalue weighted by molar-refractivity contribution is 6.04. The molecule has 0 atom stereocenters. The van der Waals surface area contributed by atoms with Gasteiger partial charge in [-0.3, -0.25) is 9.59 Å². The van der Waals surface area contributed by atoms with Crippen LogP contribution in [-0.2, 0) is 6.54 Å². The van der Waals surface area contributed by atoms with Gasteiger partial charge in [0.25, 0.3) is 11.8 Å². The first-order valence-corrected chi connectivity index (χ1v) is 15.5. The molecule has 46 heavy (non-hydrogen) atoms. The number of carbonyl (C=O) groups is 2. The molecule has 0 aliphatic heterocycles. The second-order valence-electron chi connectivity index (χ2n) is 12.1. The third-order valence-electron chi connectivity index (χ3n) is 8.26. The highest BCUT2D eigenvalue weighted by Gasteiger charge is 2.26. The monoisotopic (exact) mass is 620 g/mol. The number of fused-ring (bicyclic) bond motifs is 1. The summed E-state index contributed by atoms with van der Waals surface area (Å²) in [5, 5.41) is 6.14. The number of para-hydroxylation sites is 1. The summed E-state index contributed by atoms with van der Waals surface area (Å²) in [5.41, 5.74) is 6.41. The second kappa shape index (κ2) is 13.5. The van der Waals surface area contributed by atoms with Crippen LogP contribution in [0.2, 0.25) is 0 Å². The van der Waals surface area contributed by atoms with Crippen molar-refractivity contribution in [3.8, 4) is 22.8 Å². The number of imidazole rings is 1. The van der Waals surface area contributed by atoms with Gasteiger partial charge in [-0.1, -0.05) is 42.0 Å². The van der Waals surface area contributed by atoms with E-state index in [1.165, 1.54) is 11.1 Å². The molecule has 10 heteroatoms. The molecule has 0 bridgehead atoms. The van der Waals surface area contributed by atoms with Crippen LogP contribution in [0.15, 0.2) is 79.3 Å². The Morgan fingerprint density at radius 1 is 0.913 bits per heavy atom. The Kier molecular flexibility index (Phi) is 9.07. The van der Waals surface area contributed by atoms with E-state index in [-0.39, 0.29) is 29.4 Å². The SMILES string of the molecule is Cc1ccc(-c2cccc(Oc3ncc(F)cc3C(=O)NC3CCC(NC(=O)c4cccc5[nH]cnc45)CC3)c2)c(CN(C)C)c1. The lowest BCUT2D eigenvalue weighted by atomic mass is 9.90. The van der Waals surface area contributed by atoms with Gasteiger partial charge >= 0.3 is 0 Å². The smallest absolute Gasteiger partial charge is 0.257 e. The molecule has 2 amide bonds. The first-order chi connectivity index (χ1) is 22.2. The van der Waals surface area contributed by atoms with E-state index in [0.29, 0.717) is 42.5 Å². The number of hydrogen-bond donors (Lipinski definition) is 3. The number of nitrogens with one attached hydrogen (secondary N) is 3. The lowest BCUT2D eigenvalue weighted by Gasteiger charge is -2.29. The predicted octanol–water partition coefficient (Wildman–Crippen LogP) is 6.40. The highest BCUT2D eigenvalue weighted by Crippen LogP contribution is 2.31. The van der Waals surface area contributed by atoms with Crippen LogP contribution in [-0.4, -0.2) is 57.8 Å². The van der Waals surface area contributed by atoms with Crippen LogP contribution in [0.4, 0.5) is 4.39 Å². The average molecular weight is 621 g/mol. The van der Waals surface area contributed by atoms with E-state index >= 15 is 0 Å². The van der Waals surface area contributed by atoms with Crippen LogP contribution in [0.5, 0.6) is 11.6 Å². The zero-order valence-corrected chi connectivity index (χ0v) is 26.1. The van der Waals surface area contributed by atoms with Crippen LogP contribution in [0.25, 0.3) is 22.2 Å². The molecule has 1 fully saturated rings. The Bertz CT molecular complexity index is 1880. The van der Waals surface area contributed by atoms with Gasteiger partial charge in [-0.2, -0.15) is 0 Å². The van der Waals surface area contributed by atoms with Gasteiger partial charge in [-0.25, -0.2) is 14.4 Å². The molecule has 1 saturated carbocycles. The van der Waals surface area contributed by atoms with Gasteiger partial charge in [-0.15, -0.1) is 0 Å². The van der Waals surface area contributed by atoms with E-state index in [9.17, 15) is 14.0 Å². The molecule has 3 aromatic carbocycles. The largest absolute Gasteiger partial charge is 0.438 e. The normalized spacial score (nSPS) is 16.4. The van der Waals surface area contributed by atoms with Crippen molar-refractivity contribution in [1.29, 1.82) is 0 Å². The molecule has 236 valence electrons. The van der Waals surface area contributed by atoms with E-state index in [2.05, 4.69) is 55.6 Å². The number of H-pyrrole nitrogens is 1. The van der Waals surface area contributed by atoms with Crippen molar-refractivity contribution in [2.24, 2.45) is 0 Å². The third kappa shape index (κ3) is 7.07. The van der Waals surface area contributed by atoms with Crippen LogP contribution in [0, 0.1) is 12.7 Å². The van der Waals surface area contributed by atoms with E-state index in [1.807, 2.05) is 44.4 Å². The van der Waals surface area contributed by atoms with Crippen molar-refractivity contribution in [2.75, 3.05) is 14.1 Å². The fourth-order valence-electron chi connectivity index (χ4n) is 6.04. The van der Waals surface area contributed by atoms with Crippen LogP contribution in [0.1, 0.15) is 57.5 Å². The fourth-order valence-corrected chi connectivity index (χ4v) is 6.04. The number of amides is 2. The number of benzene rings is 3. The maximum atomic E-state index is 14.3. The Labute approximate surface area is 267 Å². The minimum atomic E-state index is -0.627. The predicted molar refractivity (Wildman–Crippen MR) is 175 cm³/mol. The van der Waals surface area contributed by atoms with Gasteiger partial charge in [0.2, 0.25) is 5.88 Å². The number of aromatic nitrogens is 3. The minimum absolute atomic E-state index is 0.0244. The molecule has 3 N–H and O–H groups in total. The molecular formula is C36H37FN6O3. The maximum Gasteiger partial charge on any atom is 0.257 e. The zero-order valence-electron chi connectivity index (χ0n) is 26.1. The molecule has 9 nitrogen and oxygen atoms in total. The van der Waals surface area contributed by atoms with E-state index in [1.54, 1.807) is 18.5 Å². The molecule has 1 aliphatic rings. The summed E-state index contributed by atoms with van der Waals surface area (Å²) in [7, 11) is 4.07. The first-order valence-electron chi connectivity index (χ1n) is 15.5. The number of hydrogen-bond acceptors (Lipinski definition) is 6. The van der Waals surface area contributed by atoms with E-state index in [4.69, 9.17) is 4.74 Å². The van der Waals surface area contributed by atoms with Crippen molar-refractivity contribution >= 4 is 22.8 Å². The Balaban J connectivity index is 1.11.